The van der Waals surface area contributed by atoms with Crippen LogP contribution in [0.3, 0.4) is 0 Å². The van der Waals surface area contributed by atoms with Gasteiger partial charge in [-0.3, -0.25) is 4.99 Å². The smallest absolute Gasteiger partial charge is 0.191 e. The molecule has 0 spiro atoms. The summed E-state index contributed by atoms with van der Waals surface area (Å²) in [5, 5.41) is 6.68. The summed E-state index contributed by atoms with van der Waals surface area (Å²) in [6.45, 7) is 12.9. The molecule has 0 heterocycles. The molecule has 0 saturated heterocycles. The Morgan fingerprint density at radius 1 is 1.25 bits per heavy atom. The van der Waals surface area contributed by atoms with E-state index >= 15 is 0 Å². The lowest BCUT2D eigenvalue weighted by Crippen LogP contribution is -2.44. The predicted octanol–water partition coefficient (Wildman–Crippen LogP) is 1.29. The van der Waals surface area contributed by atoms with E-state index in [1.54, 1.807) is 0 Å². The van der Waals surface area contributed by atoms with E-state index in [0.717, 1.165) is 38.6 Å². The summed E-state index contributed by atoms with van der Waals surface area (Å²) >= 11 is 0. The first-order valence-corrected chi connectivity index (χ1v) is 6.37. The van der Waals surface area contributed by atoms with Gasteiger partial charge in [-0.1, -0.05) is 20.8 Å². The monoisotopic (exact) mass is 228 g/mol. The topological polar surface area (TPSA) is 39.7 Å². The molecule has 0 aliphatic heterocycles. The lowest BCUT2D eigenvalue weighted by molar-refractivity contribution is 0.308. The molecule has 1 atom stereocenters. The van der Waals surface area contributed by atoms with E-state index in [1.807, 2.05) is 7.05 Å². The zero-order valence-electron chi connectivity index (χ0n) is 11.5. The fourth-order valence-corrected chi connectivity index (χ4v) is 1.40. The minimum Gasteiger partial charge on any atom is -0.355 e. The van der Waals surface area contributed by atoms with Crippen molar-refractivity contribution in [3.8, 4) is 0 Å². The second kappa shape index (κ2) is 9.46. The van der Waals surface area contributed by atoms with Gasteiger partial charge in [0, 0.05) is 26.2 Å². The fourth-order valence-electron chi connectivity index (χ4n) is 1.40. The number of nitrogens with zero attached hydrogens (tertiary/aromatic N) is 2. The van der Waals surface area contributed by atoms with Crippen LogP contribution in [0, 0.1) is 0 Å². The van der Waals surface area contributed by atoms with Crippen molar-refractivity contribution in [3.63, 3.8) is 0 Å². The number of guanidine groups is 1. The Hall–Kier alpha value is -0.770. The van der Waals surface area contributed by atoms with Crippen molar-refractivity contribution in [1.29, 1.82) is 0 Å². The van der Waals surface area contributed by atoms with E-state index in [4.69, 9.17) is 0 Å². The number of aliphatic imine (C=N–C) groups is 1. The normalized spacial score (nSPS) is 14.0. The van der Waals surface area contributed by atoms with Gasteiger partial charge in [-0.05, 0) is 26.4 Å². The van der Waals surface area contributed by atoms with Gasteiger partial charge in [-0.2, -0.15) is 0 Å². The maximum absolute atomic E-state index is 4.20. The second-order valence-electron chi connectivity index (χ2n) is 3.98. The molecular formula is C12H28N4. The largest absolute Gasteiger partial charge is 0.355 e. The van der Waals surface area contributed by atoms with Crippen LogP contribution in [0.4, 0.5) is 0 Å². The van der Waals surface area contributed by atoms with Gasteiger partial charge in [0.05, 0.1) is 0 Å². The molecule has 96 valence electrons. The van der Waals surface area contributed by atoms with Crippen LogP contribution in [0.5, 0.6) is 0 Å². The molecule has 0 aliphatic rings. The number of likely N-dealkylation sites (N-methyl/N-ethyl adjacent to an activating group) is 1. The van der Waals surface area contributed by atoms with E-state index in [9.17, 15) is 0 Å². The van der Waals surface area contributed by atoms with Crippen LogP contribution >= 0.6 is 0 Å². The van der Waals surface area contributed by atoms with Crippen LogP contribution in [0.2, 0.25) is 0 Å². The third kappa shape index (κ3) is 6.67. The summed E-state index contributed by atoms with van der Waals surface area (Å²) < 4.78 is 0. The summed E-state index contributed by atoms with van der Waals surface area (Å²) in [5.74, 6) is 0.904. The zero-order chi connectivity index (χ0) is 12.4. The van der Waals surface area contributed by atoms with E-state index in [2.05, 4.69) is 48.2 Å². The number of hydrogen-bond acceptors (Lipinski definition) is 2. The van der Waals surface area contributed by atoms with E-state index in [1.165, 1.54) is 0 Å². The quantitative estimate of drug-likeness (QED) is 0.509. The molecule has 0 aromatic carbocycles. The average molecular weight is 228 g/mol. The highest BCUT2D eigenvalue weighted by atomic mass is 15.2. The average Bonchev–Trinajstić information content (AvgIpc) is 2.32. The summed E-state index contributed by atoms with van der Waals surface area (Å²) in [6.07, 6.45) is 1.11. The van der Waals surface area contributed by atoms with Gasteiger partial charge in [-0.15, -0.1) is 0 Å². The van der Waals surface area contributed by atoms with Crippen LogP contribution in [0.15, 0.2) is 4.99 Å². The Morgan fingerprint density at radius 3 is 2.31 bits per heavy atom. The molecule has 4 nitrogen and oxygen atoms in total. The molecule has 0 fully saturated rings. The molecule has 0 aliphatic carbocycles. The van der Waals surface area contributed by atoms with Crippen LogP contribution in [0.25, 0.3) is 0 Å². The molecule has 0 bridgehead atoms. The summed E-state index contributed by atoms with van der Waals surface area (Å²) in [6, 6.07) is 0.472. The highest BCUT2D eigenvalue weighted by Gasteiger charge is 2.03. The van der Waals surface area contributed by atoms with Crippen LogP contribution < -0.4 is 10.6 Å². The Bertz CT molecular complexity index is 187. The van der Waals surface area contributed by atoms with Crippen molar-refractivity contribution in [2.24, 2.45) is 4.99 Å². The van der Waals surface area contributed by atoms with Gasteiger partial charge < -0.3 is 15.5 Å². The minimum absolute atomic E-state index is 0.472. The lowest BCUT2D eigenvalue weighted by atomic mass is 10.3. The molecule has 0 saturated carbocycles. The molecule has 0 rings (SSSR count). The van der Waals surface area contributed by atoms with Crippen LogP contribution in [-0.2, 0) is 0 Å². The van der Waals surface area contributed by atoms with Crippen molar-refractivity contribution in [1.82, 2.24) is 15.5 Å². The first-order valence-electron chi connectivity index (χ1n) is 6.37. The third-order valence-corrected chi connectivity index (χ3v) is 2.83. The van der Waals surface area contributed by atoms with Crippen molar-refractivity contribution < 1.29 is 0 Å². The molecule has 4 heteroatoms. The van der Waals surface area contributed by atoms with Gasteiger partial charge in [0.2, 0.25) is 0 Å². The summed E-state index contributed by atoms with van der Waals surface area (Å²) in [7, 11) is 1.81. The van der Waals surface area contributed by atoms with Gasteiger partial charge in [0.1, 0.15) is 0 Å². The minimum atomic E-state index is 0.472. The molecular weight excluding hydrogens is 200 g/mol. The second-order valence-corrected chi connectivity index (χ2v) is 3.98. The van der Waals surface area contributed by atoms with E-state index < -0.39 is 0 Å². The Labute approximate surface area is 101 Å². The van der Waals surface area contributed by atoms with Gasteiger partial charge in [0.15, 0.2) is 5.96 Å². The molecule has 16 heavy (non-hydrogen) atoms. The van der Waals surface area contributed by atoms with Crippen molar-refractivity contribution in [2.75, 3.05) is 33.2 Å². The SMILES string of the molecule is CCC(C)NC(=NC)NCCN(CC)CC. The predicted molar refractivity (Wildman–Crippen MR) is 72.0 cm³/mol. The molecule has 1 unspecified atom stereocenters. The molecule has 0 radical (unpaired) electrons. The Kier molecular flexibility index (Phi) is 9.00. The molecule has 0 aromatic heterocycles. The summed E-state index contributed by atoms with van der Waals surface area (Å²) in [4.78, 5) is 6.59. The highest BCUT2D eigenvalue weighted by molar-refractivity contribution is 5.79. The Morgan fingerprint density at radius 2 is 1.88 bits per heavy atom. The Balaban J connectivity index is 3.80. The maximum atomic E-state index is 4.20. The molecule has 0 amide bonds. The van der Waals surface area contributed by atoms with Crippen LogP contribution in [-0.4, -0.2) is 50.1 Å². The van der Waals surface area contributed by atoms with E-state index in [0.29, 0.717) is 6.04 Å². The summed E-state index contributed by atoms with van der Waals surface area (Å²) in [5.41, 5.74) is 0. The van der Waals surface area contributed by atoms with E-state index in [-0.39, 0.29) is 0 Å². The third-order valence-electron chi connectivity index (χ3n) is 2.83. The fraction of sp³-hybridized carbons (Fsp3) is 0.917. The lowest BCUT2D eigenvalue weighted by Gasteiger charge is -2.20. The van der Waals surface area contributed by atoms with Gasteiger partial charge >= 0.3 is 0 Å². The van der Waals surface area contributed by atoms with Crippen LogP contribution in [0.1, 0.15) is 34.1 Å². The highest BCUT2D eigenvalue weighted by Crippen LogP contribution is 1.88. The van der Waals surface area contributed by atoms with Gasteiger partial charge in [0.25, 0.3) is 0 Å². The maximum Gasteiger partial charge on any atom is 0.191 e. The van der Waals surface area contributed by atoms with Crippen molar-refractivity contribution >= 4 is 5.96 Å². The number of rotatable bonds is 7. The van der Waals surface area contributed by atoms with Crippen molar-refractivity contribution in [2.45, 2.75) is 40.2 Å². The first-order chi connectivity index (χ1) is 7.67. The first kappa shape index (κ1) is 15.2. The number of hydrogen-bond donors (Lipinski definition) is 2. The number of nitrogens with one attached hydrogen (secondary N) is 2. The molecule has 2 N–H and O–H groups in total. The van der Waals surface area contributed by atoms with Gasteiger partial charge in [-0.25, -0.2) is 0 Å². The zero-order valence-corrected chi connectivity index (χ0v) is 11.5. The molecule has 0 aromatic rings. The standard InChI is InChI=1S/C12H28N4/c1-6-11(4)15-12(13-5)14-9-10-16(7-2)8-3/h11H,6-10H2,1-5H3,(H2,13,14,15). The van der Waals surface area contributed by atoms with Crippen molar-refractivity contribution in [3.05, 3.63) is 0 Å².